The average molecular weight is 611 g/mol. The monoisotopic (exact) mass is 610 g/mol. The Bertz CT molecular complexity index is 2760. The van der Waals surface area contributed by atoms with Crippen molar-refractivity contribution in [1.29, 1.82) is 15.8 Å². The maximum atomic E-state index is 9.80. The molecule has 0 unspecified atom stereocenters. The van der Waals surface area contributed by atoms with E-state index in [1.54, 1.807) is 36.5 Å². The Balaban J connectivity index is 1.48. The summed E-state index contributed by atoms with van der Waals surface area (Å²) < 4.78 is 4.10. The van der Waals surface area contributed by atoms with Gasteiger partial charge in [-0.2, -0.15) is 15.8 Å². The average Bonchev–Trinajstić information content (AvgIpc) is 3.65. The minimum Gasteiger partial charge on any atom is -0.307 e. The van der Waals surface area contributed by atoms with Crippen LogP contribution in [0.25, 0.3) is 75.9 Å². The van der Waals surface area contributed by atoms with E-state index in [1.165, 1.54) is 0 Å². The van der Waals surface area contributed by atoms with E-state index < -0.39 is 0 Å². The molecule has 0 N–H and O–H groups in total. The van der Waals surface area contributed by atoms with E-state index in [0.29, 0.717) is 33.9 Å². The highest BCUT2D eigenvalue weighted by molar-refractivity contribution is 6.12. The number of pyridine rings is 1. The second kappa shape index (κ2) is 10.7. The van der Waals surface area contributed by atoms with Gasteiger partial charge in [0.25, 0.3) is 0 Å². The van der Waals surface area contributed by atoms with Crippen LogP contribution in [0.4, 0.5) is 11.4 Å². The third kappa shape index (κ3) is 4.15. The van der Waals surface area contributed by atoms with Gasteiger partial charge < -0.3 is 4.57 Å². The highest BCUT2D eigenvalue weighted by atomic mass is 15.1. The Morgan fingerprint density at radius 3 is 1.58 bits per heavy atom. The largest absolute Gasteiger partial charge is 0.307 e. The molecule has 218 valence electrons. The predicted octanol–water partition coefficient (Wildman–Crippen LogP) is 9.66. The van der Waals surface area contributed by atoms with Crippen LogP contribution in [0.1, 0.15) is 16.7 Å². The van der Waals surface area contributed by atoms with Gasteiger partial charge in [-0.3, -0.25) is 4.57 Å². The van der Waals surface area contributed by atoms with E-state index in [2.05, 4.69) is 32.5 Å². The summed E-state index contributed by atoms with van der Waals surface area (Å²) in [6, 6.07) is 38.1. The maximum Gasteiger partial charge on any atom is 0.188 e. The second-order valence-electron chi connectivity index (χ2n) is 11.2. The topological polar surface area (TPSA) is 103 Å². The minimum absolute atomic E-state index is 0.496. The molecule has 5 aromatic carbocycles. The van der Waals surface area contributed by atoms with Gasteiger partial charge in [-0.15, -0.1) is 0 Å². The van der Waals surface area contributed by atoms with Gasteiger partial charge in [-0.05, 0) is 95.2 Å². The highest BCUT2D eigenvalue weighted by Gasteiger charge is 2.20. The summed E-state index contributed by atoms with van der Waals surface area (Å²) in [5, 5.41) is 32.4. The molecule has 0 spiro atoms. The quantitative estimate of drug-likeness (QED) is 0.186. The summed E-state index contributed by atoms with van der Waals surface area (Å²) in [5.41, 5.74) is 8.21. The van der Waals surface area contributed by atoms with Gasteiger partial charge in [0.2, 0.25) is 0 Å². The molecule has 3 heterocycles. The van der Waals surface area contributed by atoms with Crippen LogP contribution >= 0.6 is 0 Å². The van der Waals surface area contributed by atoms with Crippen LogP contribution < -0.4 is 0 Å². The summed E-state index contributed by atoms with van der Waals surface area (Å²) >= 11 is 0. The van der Waals surface area contributed by atoms with Gasteiger partial charge in [-0.1, -0.05) is 24.3 Å². The van der Waals surface area contributed by atoms with E-state index in [0.717, 1.165) is 60.4 Å². The van der Waals surface area contributed by atoms with E-state index in [1.807, 2.05) is 77.4 Å². The molecule has 0 bridgehead atoms. The predicted molar refractivity (Wildman–Crippen MR) is 185 cm³/mol. The van der Waals surface area contributed by atoms with E-state index in [4.69, 9.17) is 18.1 Å². The zero-order valence-corrected chi connectivity index (χ0v) is 25.0. The molecule has 0 saturated heterocycles. The first-order valence-corrected chi connectivity index (χ1v) is 14.8. The fourth-order valence-electron chi connectivity index (χ4n) is 6.53. The lowest BCUT2D eigenvalue weighted by Crippen LogP contribution is -2.03. The molecule has 8 rings (SSSR count). The van der Waals surface area contributed by atoms with Crippen LogP contribution in [0, 0.1) is 47.1 Å². The summed E-state index contributed by atoms with van der Waals surface area (Å²) in [6.45, 7) is 15.2. The molecule has 48 heavy (non-hydrogen) atoms. The van der Waals surface area contributed by atoms with Gasteiger partial charge in [0.1, 0.15) is 5.82 Å². The number of aromatic nitrogens is 3. The summed E-state index contributed by atoms with van der Waals surface area (Å²) in [5.74, 6) is 0.608. The maximum absolute atomic E-state index is 9.80. The van der Waals surface area contributed by atoms with E-state index in [-0.39, 0.29) is 0 Å². The standard InChI is InChI=1S/C40H18N8/c1-44-28-8-12-35-33(17-28)34-18-29(45-2)9-13-36(34)47(35)39-23-46-40(19-30(39)27-5-3-4-24(14-27)20-41)48-37-10-6-25(21-42)15-31(37)32-16-26(22-43)7-11-38(32)48/h3-19,23H. The molecule has 0 amide bonds. The highest BCUT2D eigenvalue weighted by Crippen LogP contribution is 2.40. The number of benzene rings is 5. The van der Waals surface area contributed by atoms with Crippen molar-refractivity contribution in [3.63, 3.8) is 0 Å². The number of hydrogen-bond donors (Lipinski definition) is 0. The lowest BCUT2D eigenvalue weighted by molar-refractivity contribution is 1.06. The molecule has 0 aliphatic carbocycles. The molecule has 0 aliphatic heterocycles. The fraction of sp³-hybridized carbons (Fsp3) is 0. The van der Waals surface area contributed by atoms with Crippen LogP contribution in [-0.4, -0.2) is 14.1 Å². The number of nitrogens with zero attached hydrogens (tertiary/aromatic N) is 8. The molecular weight excluding hydrogens is 592 g/mol. The number of hydrogen-bond acceptors (Lipinski definition) is 4. The molecule has 8 heteroatoms. The van der Waals surface area contributed by atoms with Crippen molar-refractivity contribution >= 4 is 55.0 Å². The minimum atomic E-state index is 0.496. The Morgan fingerprint density at radius 1 is 0.542 bits per heavy atom. The van der Waals surface area contributed by atoms with Gasteiger partial charge in [0, 0.05) is 16.3 Å². The molecule has 8 aromatic rings. The van der Waals surface area contributed by atoms with Gasteiger partial charge in [0.05, 0.1) is 82.0 Å². The summed E-state index contributed by atoms with van der Waals surface area (Å²) in [6.07, 6.45) is 1.80. The van der Waals surface area contributed by atoms with Crippen LogP contribution in [0.15, 0.2) is 109 Å². The first kappa shape index (κ1) is 27.8. The fourth-order valence-corrected chi connectivity index (χ4v) is 6.53. The lowest BCUT2D eigenvalue weighted by atomic mass is 10.0. The summed E-state index contributed by atoms with van der Waals surface area (Å²) in [4.78, 5) is 12.3. The second-order valence-corrected chi connectivity index (χ2v) is 11.2. The Morgan fingerprint density at radius 2 is 1.04 bits per heavy atom. The van der Waals surface area contributed by atoms with Crippen molar-refractivity contribution in [2.75, 3.05) is 0 Å². The first-order valence-electron chi connectivity index (χ1n) is 14.8. The molecule has 0 aliphatic rings. The van der Waals surface area contributed by atoms with Crippen LogP contribution in [0.3, 0.4) is 0 Å². The molecule has 0 radical (unpaired) electrons. The zero-order chi connectivity index (χ0) is 32.9. The zero-order valence-electron chi connectivity index (χ0n) is 25.0. The molecule has 0 fully saturated rings. The van der Waals surface area contributed by atoms with Crippen LogP contribution in [-0.2, 0) is 0 Å². The first-order chi connectivity index (χ1) is 23.5. The molecule has 3 aromatic heterocycles. The molecule has 0 saturated carbocycles. The van der Waals surface area contributed by atoms with Crippen LogP contribution in [0.2, 0.25) is 0 Å². The molecule has 0 atom stereocenters. The van der Waals surface area contributed by atoms with Gasteiger partial charge in [-0.25, -0.2) is 14.7 Å². The van der Waals surface area contributed by atoms with Gasteiger partial charge in [0.15, 0.2) is 11.4 Å². The third-order valence-electron chi connectivity index (χ3n) is 8.65. The Hall–Kier alpha value is -7.70. The van der Waals surface area contributed by atoms with Crippen molar-refractivity contribution in [2.45, 2.75) is 0 Å². The summed E-state index contributed by atoms with van der Waals surface area (Å²) in [7, 11) is 0. The number of rotatable bonds is 3. The normalized spacial score (nSPS) is 10.8. The smallest absolute Gasteiger partial charge is 0.188 e. The van der Waals surface area contributed by atoms with Crippen molar-refractivity contribution in [2.24, 2.45) is 0 Å². The third-order valence-corrected chi connectivity index (χ3v) is 8.65. The Labute approximate surface area is 274 Å². The van der Waals surface area contributed by atoms with E-state index >= 15 is 0 Å². The van der Waals surface area contributed by atoms with Crippen molar-refractivity contribution in [1.82, 2.24) is 14.1 Å². The molecule has 8 nitrogen and oxygen atoms in total. The number of nitriles is 3. The molecular formula is C40H18N8. The number of fused-ring (bicyclic) bond motifs is 6. The van der Waals surface area contributed by atoms with Crippen molar-refractivity contribution < 1.29 is 0 Å². The van der Waals surface area contributed by atoms with Crippen LogP contribution in [0.5, 0.6) is 0 Å². The SMILES string of the molecule is [C-]#[N+]c1ccc2c(c1)c1cc([N+]#[C-])ccc1n2-c1cnc(-n2c3ccc(C#N)cc3c3cc(C#N)ccc32)cc1-c1cccc(C#N)c1. The Kier molecular flexibility index (Phi) is 6.22. The lowest BCUT2D eigenvalue weighted by Gasteiger charge is -2.16. The van der Waals surface area contributed by atoms with Gasteiger partial charge >= 0.3 is 0 Å². The van der Waals surface area contributed by atoms with E-state index in [9.17, 15) is 15.8 Å². The van der Waals surface area contributed by atoms with Crippen molar-refractivity contribution in [3.05, 3.63) is 149 Å². The van der Waals surface area contributed by atoms with Crippen molar-refractivity contribution in [3.8, 4) is 40.8 Å².